The molecule has 0 fully saturated rings. The van der Waals surface area contributed by atoms with Gasteiger partial charge >= 0.3 is 12.1 Å². The quantitative estimate of drug-likeness (QED) is 0.358. The Morgan fingerprint density at radius 3 is 1.83 bits per heavy atom. The Morgan fingerprint density at radius 2 is 1.61 bits per heavy atom. The lowest BCUT2D eigenvalue weighted by Gasteiger charge is -2.06. The molecule has 0 heterocycles. The molecule has 0 bridgehead atoms. The normalized spacial score (nSPS) is 10.1. The maximum absolute atomic E-state index is 11.7. The first kappa shape index (κ1) is 19.0. The predicted octanol–water partition coefficient (Wildman–Crippen LogP) is 1.85. The molecule has 0 aliphatic carbocycles. The van der Waals surface area contributed by atoms with Crippen molar-refractivity contribution in [2.45, 2.75) is 26.9 Å². The number of ketones is 1. The highest BCUT2D eigenvalue weighted by Gasteiger charge is 2.42. The van der Waals surface area contributed by atoms with Crippen LogP contribution in [-0.2, 0) is 14.3 Å². The molecule has 0 spiro atoms. The highest BCUT2D eigenvalue weighted by atomic mass is 19.4. The summed E-state index contributed by atoms with van der Waals surface area (Å²) in [6, 6.07) is 0. The summed E-state index contributed by atoms with van der Waals surface area (Å²) in [7, 11) is 0. The fraction of sp³-hybridized carbons (Fsp3) is 0.636. The monoisotopic (exact) mass is 269 g/mol. The highest BCUT2D eigenvalue weighted by molar-refractivity contribution is 6.18. The predicted molar refractivity (Wildman–Crippen MR) is 61.1 cm³/mol. The van der Waals surface area contributed by atoms with Gasteiger partial charge in [0.1, 0.15) is 5.57 Å². The van der Waals surface area contributed by atoms with Gasteiger partial charge in [-0.2, -0.15) is 13.2 Å². The zero-order chi connectivity index (χ0) is 14.8. The summed E-state index contributed by atoms with van der Waals surface area (Å²) in [6.45, 7) is 10.4. The van der Waals surface area contributed by atoms with Crippen LogP contribution in [0.15, 0.2) is 12.2 Å². The van der Waals surface area contributed by atoms with Crippen LogP contribution in [0.1, 0.15) is 20.8 Å². The van der Waals surface area contributed by atoms with E-state index < -0.39 is 23.5 Å². The van der Waals surface area contributed by atoms with Gasteiger partial charge in [0.05, 0.1) is 6.61 Å². The number of carbonyl (C=O) groups is 2. The molecule has 0 rings (SSSR count). The Morgan fingerprint density at radius 1 is 1.17 bits per heavy atom. The van der Waals surface area contributed by atoms with E-state index in [1.807, 2.05) is 0 Å². The van der Waals surface area contributed by atoms with Crippen molar-refractivity contribution in [3.63, 3.8) is 0 Å². The van der Waals surface area contributed by atoms with Crippen molar-refractivity contribution in [3.8, 4) is 0 Å². The molecule has 0 aromatic rings. The fourth-order valence-electron chi connectivity index (χ4n) is 0.732. The number of hydrogen-bond acceptors (Lipinski definition) is 4. The van der Waals surface area contributed by atoms with Gasteiger partial charge in [-0.3, -0.25) is 4.79 Å². The summed E-state index contributed by atoms with van der Waals surface area (Å²) >= 11 is 0. The van der Waals surface area contributed by atoms with Crippen LogP contribution in [0.5, 0.6) is 0 Å². The van der Waals surface area contributed by atoms with Crippen LogP contribution in [0.4, 0.5) is 13.2 Å². The lowest BCUT2D eigenvalue weighted by Crippen LogP contribution is -2.28. The third kappa shape index (κ3) is 8.74. The molecule has 18 heavy (non-hydrogen) atoms. The van der Waals surface area contributed by atoms with Gasteiger partial charge in [0.15, 0.2) is 0 Å². The van der Waals surface area contributed by atoms with Gasteiger partial charge < -0.3 is 10.1 Å². The van der Waals surface area contributed by atoms with Gasteiger partial charge in [-0.15, -0.1) is 0 Å². The zero-order valence-corrected chi connectivity index (χ0v) is 10.7. The molecule has 0 atom stereocenters. The summed E-state index contributed by atoms with van der Waals surface area (Å²) < 4.78 is 39.2. The molecular formula is C11H18F3NO3. The third-order valence-corrected chi connectivity index (χ3v) is 1.55. The van der Waals surface area contributed by atoms with Crippen molar-refractivity contribution in [1.29, 1.82) is 0 Å². The molecule has 0 aliphatic heterocycles. The topological polar surface area (TPSA) is 55.4 Å². The summed E-state index contributed by atoms with van der Waals surface area (Å²) in [5.74, 6) is -3.62. The second-order valence-electron chi connectivity index (χ2n) is 2.98. The summed E-state index contributed by atoms with van der Waals surface area (Å²) in [4.78, 5) is 20.9. The largest absolute Gasteiger partial charge is 0.462 e. The average Bonchev–Trinajstić information content (AvgIpc) is 2.28. The fourth-order valence-corrected chi connectivity index (χ4v) is 0.732. The van der Waals surface area contributed by atoms with Crippen LogP contribution >= 0.6 is 0 Å². The van der Waals surface area contributed by atoms with Crippen LogP contribution in [0, 0.1) is 0 Å². The lowest BCUT2D eigenvalue weighted by molar-refractivity contribution is -0.168. The number of hydrogen-bond donors (Lipinski definition) is 1. The first-order chi connectivity index (χ1) is 8.22. The molecule has 7 heteroatoms. The lowest BCUT2D eigenvalue weighted by atomic mass is 10.2. The molecule has 4 nitrogen and oxygen atoms in total. The maximum Gasteiger partial charge on any atom is 0.455 e. The van der Waals surface area contributed by atoms with Crippen molar-refractivity contribution in [1.82, 2.24) is 5.32 Å². The molecule has 0 aromatic heterocycles. The second kappa shape index (κ2) is 9.64. The number of ether oxygens (including phenoxy) is 1. The average molecular weight is 269 g/mol. The second-order valence-corrected chi connectivity index (χ2v) is 2.98. The number of carbonyl (C=O) groups excluding carboxylic acids is 2. The number of halogens is 3. The van der Waals surface area contributed by atoms with E-state index in [0.717, 1.165) is 13.1 Å². The van der Waals surface area contributed by atoms with E-state index >= 15 is 0 Å². The molecular weight excluding hydrogens is 251 g/mol. The van der Waals surface area contributed by atoms with E-state index in [1.54, 1.807) is 0 Å². The van der Waals surface area contributed by atoms with Crippen molar-refractivity contribution >= 4 is 11.8 Å². The molecule has 0 radical (unpaired) electrons. The van der Waals surface area contributed by atoms with Gasteiger partial charge in [-0.05, 0) is 20.0 Å². The van der Waals surface area contributed by atoms with Gasteiger partial charge in [-0.25, -0.2) is 4.79 Å². The molecule has 0 saturated heterocycles. The Hall–Kier alpha value is -1.37. The molecule has 0 aromatic carbocycles. The van der Waals surface area contributed by atoms with Crippen molar-refractivity contribution in [3.05, 3.63) is 12.2 Å². The van der Waals surface area contributed by atoms with E-state index in [9.17, 15) is 22.8 Å². The van der Waals surface area contributed by atoms with E-state index in [-0.39, 0.29) is 6.61 Å². The molecule has 106 valence electrons. The van der Waals surface area contributed by atoms with E-state index in [1.165, 1.54) is 6.92 Å². The minimum absolute atomic E-state index is 0.108. The van der Waals surface area contributed by atoms with Crippen LogP contribution in [0.25, 0.3) is 0 Å². The van der Waals surface area contributed by atoms with E-state index in [4.69, 9.17) is 0 Å². The molecule has 0 amide bonds. The van der Waals surface area contributed by atoms with Crippen LogP contribution < -0.4 is 5.32 Å². The number of alkyl halides is 3. The van der Waals surface area contributed by atoms with E-state index in [2.05, 4.69) is 30.5 Å². The van der Waals surface area contributed by atoms with Crippen LogP contribution in [0.3, 0.4) is 0 Å². The van der Waals surface area contributed by atoms with Crippen LogP contribution in [0.2, 0.25) is 0 Å². The zero-order valence-electron chi connectivity index (χ0n) is 10.7. The Bertz CT molecular complexity index is 286. The van der Waals surface area contributed by atoms with Crippen molar-refractivity contribution in [2.75, 3.05) is 19.7 Å². The number of esters is 1. The van der Waals surface area contributed by atoms with Crippen LogP contribution in [-0.4, -0.2) is 37.6 Å². The smallest absolute Gasteiger partial charge is 0.455 e. The first-order valence-electron chi connectivity index (χ1n) is 5.40. The summed E-state index contributed by atoms with van der Waals surface area (Å²) in [6.07, 6.45) is -5.08. The van der Waals surface area contributed by atoms with Crippen molar-refractivity contribution in [2.24, 2.45) is 0 Å². The van der Waals surface area contributed by atoms with Gasteiger partial charge in [0, 0.05) is 0 Å². The summed E-state index contributed by atoms with van der Waals surface area (Å²) in [5, 5.41) is 3.11. The number of rotatable bonds is 5. The Kier molecular flexibility index (Phi) is 10.2. The minimum Gasteiger partial charge on any atom is -0.462 e. The Balaban J connectivity index is 0. The number of Topliss-reactive ketones (excluding diaryl/α,β-unsaturated/α-hetero) is 1. The first-order valence-corrected chi connectivity index (χ1v) is 5.40. The van der Waals surface area contributed by atoms with Gasteiger partial charge in [0.25, 0.3) is 5.78 Å². The standard InChI is InChI=1S/C7H7F3O3.C4H11N/c1-3-13-6(12)4(2)5(11)7(8,9)10;1-3-5-4-2/h2-3H2,1H3;5H,3-4H2,1-2H3. The summed E-state index contributed by atoms with van der Waals surface area (Å²) in [5.41, 5.74) is -1.20. The minimum atomic E-state index is -5.08. The SMILES string of the molecule is C=C(C(=O)OCC)C(=O)C(F)(F)F.CCNCC. The Labute approximate surface area is 104 Å². The maximum atomic E-state index is 11.7. The molecule has 0 saturated carbocycles. The van der Waals surface area contributed by atoms with Gasteiger partial charge in [-0.1, -0.05) is 20.4 Å². The number of nitrogens with one attached hydrogen (secondary N) is 1. The van der Waals surface area contributed by atoms with Gasteiger partial charge in [0.2, 0.25) is 0 Å². The van der Waals surface area contributed by atoms with Crippen molar-refractivity contribution < 1.29 is 27.5 Å². The molecule has 1 N–H and O–H groups in total. The third-order valence-electron chi connectivity index (χ3n) is 1.55. The van der Waals surface area contributed by atoms with E-state index in [0.29, 0.717) is 0 Å². The highest BCUT2D eigenvalue weighted by Crippen LogP contribution is 2.20. The molecule has 0 aliphatic rings. The molecule has 0 unspecified atom stereocenters.